The van der Waals surface area contributed by atoms with Crippen LogP contribution in [-0.2, 0) is 0 Å². The molecule has 0 N–H and O–H groups in total. The average Bonchev–Trinajstić information content (AvgIpc) is 2.72. The second-order valence-electron chi connectivity index (χ2n) is 2.45. The molecule has 2 heterocycles. The highest BCUT2D eigenvalue weighted by atomic mass is 79.9. The molecule has 0 bridgehead atoms. The molecular formula is C9H5BrO2S. The molecule has 0 aliphatic carbocycles. The summed E-state index contributed by atoms with van der Waals surface area (Å²) in [5.74, 6) is -0.0122. The minimum Gasteiger partial charge on any atom is -0.457 e. The van der Waals surface area contributed by atoms with Crippen LogP contribution in [0.3, 0.4) is 0 Å². The van der Waals surface area contributed by atoms with Crippen LogP contribution in [0.25, 0.3) is 0 Å². The number of furan rings is 1. The van der Waals surface area contributed by atoms with E-state index in [0.717, 1.165) is 0 Å². The molecule has 0 saturated heterocycles. The molecule has 66 valence electrons. The van der Waals surface area contributed by atoms with E-state index in [1.807, 2.05) is 10.8 Å². The van der Waals surface area contributed by atoms with Gasteiger partial charge in [-0.3, -0.25) is 4.79 Å². The van der Waals surface area contributed by atoms with E-state index >= 15 is 0 Å². The van der Waals surface area contributed by atoms with E-state index < -0.39 is 0 Å². The fourth-order valence-electron chi connectivity index (χ4n) is 1.00. The summed E-state index contributed by atoms with van der Waals surface area (Å²) >= 11 is 4.67. The maximum absolute atomic E-state index is 11.7. The van der Waals surface area contributed by atoms with Crippen LogP contribution in [0.1, 0.15) is 15.9 Å². The number of carbonyl (C=O) groups is 1. The van der Waals surface area contributed by atoms with Gasteiger partial charge in [0.05, 0.1) is 11.8 Å². The van der Waals surface area contributed by atoms with Gasteiger partial charge < -0.3 is 4.42 Å². The van der Waals surface area contributed by atoms with Crippen LogP contribution in [0.15, 0.2) is 38.2 Å². The largest absolute Gasteiger partial charge is 0.457 e. The van der Waals surface area contributed by atoms with Crippen LogP contribution in [0.2, 0.25) is 0 Å². The van der Waals surface area contributed by atoms with Crippen molar-refractivity contribution in [2.24, 2.45) is 0 Å². The van der Waals surface area contributed by atoms with Gasteiger partial charge in [-0.05, 0) is 33.4 Å². The highest BCUT2D eigenvalue weighted by molar-refractivity contribution is 9.10. The van der Waals surface area contributed by atoms with Crippen LogP contribution in [0, 0.1) is 0 Å². The number of ketones is 1. The number of carbonyl (C=O) groups excluding carboxylic acids is 1. The highest BCUT2D eigenvalue weighted by Gasteiger charge is 2.14. The molecule has 0 spiro atoms. The zero-order chi connectivity index (χ0) is 9.26. The Labute approximate surface area is 87.3 Å². The fourth-order valence-corrected chi connectivity index (χ4v) is 2.06. The number of thiophene rings is 1. The molecule has 2 aromatic heterocycles. The molecule has 2 nitrogen and oxygen atoms in total. The van der Waals surface area contributed by atoms with Crippen molar-refractivity contribution in [3.63, 3.8) is 0 Å². The normalized spacial score (nSPS) is 10.2. The van der Waals surface area contributed by atoms with E-state index in [1.54, 1.807) is 12.1 Å². The first-order chi connectivity index (χ1) is 6.29. The highest BCUT2D eigenvalue weighted by Crippen LogP contribution is 2.21. The smallest absolute Gasteiger partial charge is 0.198 e. The fraction of sp³-hybridized carbons (Fsp3) is 0. The Bertz CT molecular complexity index is 417. The molecule has 0 unspecified atom stereocenters. The third-order valence-corrected chi connectivity index (χ3v) is 2.94. The zero-order valence-corrected chi connectivity index (χ0v) is 8.89. The van der Waals surface area contributed by atoms with E-state index in [2.05, 4.69) is 15.9 Å². The summed E-state index contributed by atoms with van der Waals surface area (Å²) in [5.41, 5.74) is 1.27. The summed E-state index contributed by atoms with van der Waals surface area (Å²) in [7, 11) is 0. The van der Waals surface area contributed by atoms with Gasteiger partial charge in [-0.15, -0.1) is 0 Å². The lowest BCUT2D eigenvalue weighted by Gasteiger charge is -1.92. The minimum atomic E-state index is -0.0122. The van der Waals surface area contributed by atoms with Gasteiger partial charge >= 0.3 is 0 Å². The summed E-state index contributed by atoms with van der Waals surface area (Å²) in [6, 6.07) is 3.45. The third kappa shape index (κ3) is 1.59. The Morgan fingerprint density at radius 3 is 2.85 bits per heavy atom. The molecule has 4 heteroatoms. The number of rotatable bonds is 2. The standard InChI is InChI=1S/C9H5BrO2S/c10-9-7(1-3-12-9)8(11)6-2-4-13-5-6/h1-5H. The molecule has 0 saturated carbocycles. The molecule has 0 aromatic carbocycles. The van der Waals surface area contributed by atoms with Crippen molar-refractivity contribution in [3.8, 4) is 0 Å². The first-order valence-electron chi connectivity index (χ1n) is 3.59. The zero-order valence-electron chi connectivity index (χ0n) is 6.49. The van der Waals surface area contributed by atoms with Gasteiger partial charge in [-0.25, -0.2) is 0 Å². The van der Waals surface area contributed by atoms with Crippen molar-refractivity contribution in [3.05, 3.63) is 45.0 Å². The van der Waals surface area contributed by atoms with Crippen LogP contribution in [0.5, 0.6) is 0 Å². The van der Waals surface area contributed by atoms with Gasteiger partial charge in [0.2, 0.25) is 0 Å². The van der Waals surface area contributed by atoms with E-state index in [1.165, 1.54) is 17.6 Å². The lowest BCUT2D eigenvalue weighted by molar-refractivity contribution is 0.103. The van der Waals surface area contributed by atoms with Crippen molar-refractivity contribution in [1.29, 1.82) is 0 Å². The monoisotopic (exact) mass is 256 g/mol. The number of hydrogen-bond acceptors (Lipinski definition) is 3. The Balaban J connectivity index is 2.39. The molecule has 2 aromatic rings. The van der Waals surface area contributed by atoms with Crippen LogP contribution < -0.4 is 0 Å². The topological polar surface area (TPSA) is 30.2 Å². The van der Waals surface area contributed by atoms with E-state index in [4.69, 9.17) is 4.42 Å². The second kappa shape index (κ2) is 3.47. The summed E-state index contributed by atoms with van der Waals surface area (Å²) in [6.07, 6.45) is 1.49. The van der Waals surface area contributed by atoms with Crippen molar-refractivity contribution < 1.29 is 9.21 Å². The molecule has 0 atom stereocenters. The van der Waals surface area contributed by atoms with Gasteiger partial charge in [0, 0.05) is 10.9 Å². The molecule has 13 heavy (non-hydrogen) atoms. The molecule has 0 radical (unpaired) electrons. The van der Waals surface area contributed by atoms with E-state index in [-0.39, 0.29) is 5.78 Å². The Morgan fingerprint density at radius 1 is 1.46 bits per heavy atom. The SMILES string of the molecule is O=C(c1ccsc1)c1ccoc1Br. The van der Waals surface area contributed by atoms with Gasteiger partial charge in [-0.1, -0.05) is 0 Å². The van der Waals surface area contributed by atoms with Crippen LogP contribution >= 0.6 is 27.3 Å². The average molecular weight is 257 g/mol. The van der Waals surface area contributed by atoms with Gasteiger partial charge in [0.15, 0.2) is 10.5 Å². The molecule has 0 fully saturated rings. The summed E-state index contributed by atoms with van der Waals surface area (Å²) in [4.78, 5) is 11.7. The van der Waals surface area contributed by atoms with E-state index in [9.17, 15) is 4.79 Å². The maximum Gasteiger partial charge on any atom is 0.198 e. The molecule has 0 aliphatic rings. The number of hydrogen-bond donors (Lipinski definition) is 0. The molecule has 0 aliphatic heterocycles. The van der Waals surface area contributed by atoms with Crippen molar-refractivity contribution in [2.45, 2.75) is 0 Å². The number of halogens is 1. The lowest BCUT2D eigenvalue weighted by Crippen LogP contribution is -1.97. The molecule has 2 rings (SSSR count). The van der Waals surface area contributed by atoms with E-state index in [0.29, 0.717) is 15.8 Å². The first-order valence-corrected chi connectivity index (χ1v) is 5.32. The Kier molecular flexibility index (Phi) is 2.33. The third-order valence-electron chi connectivity index (χ3n) is 1.65. The lowest BCUT2D eigenvalue weighted by atomic mass is 10.1. The Hall–Kier alpha value is -0.870. The van der Waals surface area contributed by atoms with Crippen molar-refractivity contribution >= 4 is 33.0 Å². The van der Waals surface area contributed by atoms with Crippen LogP contribution in [-0.4, -0.2) is 5.78 Å². The quantitative estimate of drug-likeness (QED) is 0.772. The minimum absolute atomic E-state index is 0.0122. The molecule has 0 amide bonds. The first kappa shape index (κ1) is 8.72. The van der Waals surface area contributed by atoms with Crippen molar-refractivity contribution in [1.82, 2.24) is 0 Å². The van der Waals surface area contributed by atoms with Gasteiger partial charge in [0.25, 0.3) is 0 Å². The summed E-state index contributed by atoms with van der Waals surface area (Å²) in [6.45, 7) is 0. The van der Waals surface area contributed by atoms with Crippen LogP contribution in [0.4, 0.5) is 0 Å². The van der Waals surface area contributed by atoms with Gasteiger partial charge in [-0.2, -0.15) is 11.3 Å². The van der Waals surface area contributed by atoms with Crippen molar-refractivity contribution in [2.75, 3.05) is 0 Å². The maximum atomic E-state index is 11.7. The molecular weight excluding hydrogens is 252 g/mol. The second-order valence-corrected chi connectivity index (χ2v) is 3.95. The predicted molar refractivity (Wildman–Crippen MR) is 54.2 cm³/mol. The Morgan fingerprint density at radius 2 is 2.31 bits per heavy atom. The predicted octanol–water partition coefficient (Wildman–Crippen LogP) is 3.33. The van der Waals surface area contributed by atoms with Gasteiger partial charge in [0.1, 0.15) is 0 Å². The summed E-state index contributed by atoms with van der Waals surface area (Å²) in [5, 5.41) is 3.70. The summed E-state index contributed by atoms with van der Waals surface area (Å²) < 4.78 is 5.47.